The maximum Gasteiger partial charge on any atom is 0.225 e. The van der Waals surface area contributed by atoms with Crippen LogP contribution in [0, 0.1) is 0 Å². The summed E-state index contributed by atoms with van der Waals surface area (Å²) in [6, 6.07) is 14.1. The minimum atomic E-state index is 0.687. The lowest BCUT2D eigenvalue weighted by Gasteiger charge is -2.18. The third-order valence-corrected chi connectivity index (χ3v) is 4.12. The molecule has 0 unspecified atom stereocenters. The molecule has 122 valence electrons. The summed E-state index contributed by atoms with van der Waals surface area (Å²) in [6.45, 7) is 0.720. The molecule has 1 aromatic carbocycles. The fourth-order valence-electron chi connectivity index (χ4n) is 2.86. The highest BCUT2D eigenvalue weighted by Gasteiger charge is 2.09. The topological polar surface area (TPSA) is 54.8 Å². The van der Waals surface area contributed by atoms with Crippen LogP contribution in [-0.4, -0.2) is 27.0 Å². The average molecular weight is 327 g/mol. The van der Waals surface area contributed by atoms with E-state index in [0.29, 0.717) is 5.95 Å². The summed E-state index contributed by atoms with van der Waals surface area (Å²) in [5.74, 6) is 0.687. The zero-order valence-corrected chi connectivity index (χ0v) is 13.9. The summed E-state index contributed by atoms with van der Waals surface area (Å²) in [5.41, 5.74) is 3.07. The molecular formula is C20H17N5. The van der Waals surface area contributed by atoms with Crippen molar-refractivity contribution in [1.82, 2.24) is 19.9 Å². The highest BCUT2D eigenvalue weighted by molar-refractivity contribution is 5.84. The molecule has 0 saturated heterocycles. The summed E-state index contributed by atoms with van der Waals surface area (Å²) < 4.78 is 0. The number of anilines is 1. The van der Waals surface area contributed by atoms with Gasteiger partial charge in [0.25, 0.3) is 0 Å². The van der Waals surface area contributed by atoms with Gasteiger partial charge in [0.05, 0.1) is 5.69 Å². The van der Waals surface area contributed by atoms with Crippen LogP contribution in [0.15, 0.2) is 73.4 Å². The second-order valence-corrected chi connectivity index (χ2v) is 5.85. The predicted octanol–water partition coefficient (Wildman–Crippen LogP) is 3.72. The maximum absolute atomic E-state index is 4.68. The first kappa shape index (κ1) is 15.2. The first-order valence-electron chi connectivity index (χ1n) is 8.07. The van der Waals surface area contributed by atoms with Gasteiger partial charge in [-0.25, -0.2) is 9.97 Å². The van der Waals surface area contributed by atoms with Gasteiger partial charge in [-0.15, -0.1) is 0 Å². The Morgan fingerprint density at radius 1 is 0.880 bits per heavy atom. The molecule has 0 atom stereocenters. The second kappa shape index (κ2) is 6.65. The standard InChI is InChI=1S/C20H17N5/c1-25(14-17-5-2-4-15-12-22-10-7-18(15)17)20-23-11-8-19(24-20)16-6-3-9-21-13-16/h2-13H,14H2,1H3. The maximum atomic E-state index is 4.68. The zero-order valence-electron chi connectivity index (χ0n) is 13.9. The molecule has 0 aliphatic rings. The number of aromatic nitrogens is 4. The normalized spacial score (nSPS) is 10.8. The Morgan fingerprint density at radius 2 is 1.80 bits per heavy atom. The van der Waals surface area contributed by atoms with E-state index in [1.807, 2.05) is 49.9 Å². The summed E-state index contributed by atoms with van der Waals surface area (Å²) >= 11 is 0. The van der Waals surface area contributed by atoms with Crippen molar-refractivity contribution in [3.05, 3.63) is 79.0 Å². The third-order valence-electron chi connectivity index (χ3n) is 4.12. The van der Waals surface area contributed by atoms with Gasteiger partial charge in [-0.1, -0.05) is 18.2 Å². The summed E-state index contributed by atoms with van der Waals surface area (Å²) in [4.78, 5) is 19.5. The summed E-state index contributed by atoms with van der Waals surface area (Å²) in [6.07, 6.45) is 9.06. The van der Waals surface area contributed by atoms with E-state index in [4.69, 9.17) is 0 Å². The number of hydrogen-bond acceptors (Lipinski definition) is 5. The van der Waals surface area contributed by atoms with Crippen LogP contribution in [0.5, 0.6) is 0 Å². The summed E-state index contributed by atoms with van der Waals surface area (Å²) in [7, 11) is 2.00. The molecular weight excluding hydrogens is 310 g/mol. The molecule has 0 bridgehead atoms. The van der Waals surface area contributed by atoms with Crippen molar-refractivity contribution in [2.24, 2.45) is 0 Å². The van der Waals surface area contributed by atoms with Gasteiger partial charge in [-0.05, 0) is 35.2 Å². The lowest BCUT2D eigenvalue weighted by atomic mass is 10.1. The van der Waals surface area contributed by atoms with Gasteiger partial charge < -0.3 is 4.90 Å². The monoisotopic (exact) mass is 327 g/mol. The molecule has 25 heavy (non-hydrogen) atoms. The van der Waals surface area contributed by atoms with Crippen LogP contribution in [-0.2, 0) is 6.54 Å². The van der Waals surface area contributed by atoms with E-state index in [2.05, 4.69) is 43.0 Å². The molecule has 3 heterocycles. The highest BCUT2D eigenvalue weighted by atomic mass is 15.2. The first-order chi connectivity index (χ1) is 12.3. The number of nitrogens with zero attached hydrogens (tertiary/aromatic N) is 5. The Hall–Kier alpha value is -3.34. The first-order valence-corrected chi connectivity index (χ1v) is 8.07. The van der Waals surface area contributed by atoms with E-state index in [9.17, 15) is 0 Å². The Kier molecular flexibility index (Phi) is 4.04. The molecule has 5 heteroatoms. The molecule has 0 spiro atoms. The third kappa shape index (κ3) is 3.17. The van der Waals surface area contributed by atoms with Crippen molar-refractivity contribution in [3.8, 4) is 11.3 Å². The van der Waals surface area contributed by atoms with Gasteiger partial charge in [-0.3, -0.25) is 9.97 Å². The van der Waals surface area contributed by atoms with Crippen molar-refractivity contribution < 1.29 is 0 Å². The lowest BCUT2D eigenvalue weighted by molar-refractivity contribution is 0.873. The van der Waals surface area contributed by atoms with E-state index in [1.54, 1.807) is 12.4 Å². The zero-order chi connectivity index (χ0) is 17.1. The van der Waals surface area contributed by atoms with Gasteiger partial charge in [0, 0.05) is 55.5 Å². The Bertz CT molecular complexity index is 996. The van der Waals surface area contributed by atoms with Crippen molar-refractivity contribution >= 4 is 16.7 Å². The predicted molar refractivity (Wildman–Crippen MR) is 99.1 cm³/mol. The molecule has 3 aromatic heterocycles. The van der Waals surface area contributed by atoms with Crippen LogP contribution in [0.4, 0.5) is 5.95 Å². The number of pyridine rings is 2. The molecule has 0 radical (unpaired) electrons. The van der Waals surface area contributed by atoms with Gasteiger partial charge in [0.1, 0.15) is 0 Å². The molecule has 0 amide bonds. The van der Waals surface area contributed by atoms with Crippen LogP contribution in [0.3, 0.4) is 0 Å². The van der Waals surface area contributed by atoms with Crippen LogP contribution in [0.1, 0.15) is 5.56 Å². The lowest BCUT2D eigenvalue weighted by Crippen LogP contribution is -2.19. The number of fused-ring (bicyclic) bond motifs is 1. The Morgan fingerprint density at radius 3 is 2.68 bits per heavy atom. The smallest absolute Gasteiger partial charge is 0.225 e. The van der Waals surface area contributed by atoms with E-state index in [0.717, 1.165) is 23.2 Å². The largest absolute Gasteiger partial charge is 0.340 e. The fraction of sp³-hybridized carbons (Fsp3) is 0.100. The Balaban J connectivity index is 1.64. The Labute approximate surface area is 146 Å². The van der Waals surface area contributed by atoms with Crippen molar-refractivity contribution in [2.45, 2.75) is 6.54 Å². The highest BCUT2D eigenvalue weighted by Crippen LogP contribution is 2.21. The quantitative estimate of drug-likeness (QED) is 0.572. The second-order valence-electron chi connectivity index (χ2n) is 5.85. The molecule has 0 aliphatic heterocycles. The fourth-order valence-corrected chi connectivity index (χ4v) is 2.86. The van der Waals surface area contributed by atoms with Crippen LogP contribution >= 0.6 is 0 Å². The molecule has 5 nitrogen and oxygen atoms in total. The number of rotatable bonds is 4. The molecule has 0 N–H and O–H groups in total. The van der Waals surface area contributed by atoms with Gasteiger partial charge >= 0.3 is 0 Å². The summed E-state index contributed by atoms with van der Waals surface area (Å²) in [5, 5.41) is 2.34. The van der Waals surface area contributed by atoms with E-state index in [-0.39, 0.29) is 0 Å². The molecule has 4 aromatic rings. The average Bonchev–Trinajstić information content (AvgIpc) is 2.69. The van der Waals surface area contributed by atoms with Crippen molar-refractivity contribution in [2.75, 3.05) is 11.9 Å². The van der Waals surface area contributed by atoms with Crippen LogP contribution in [0.25, 0.3) is 22.0 Å². The SMILES string of the molecule is CN(Cc1cccc2cnccc12)c1nccc(-c2cccnc2)n1. The number of hydrogen-bond donors (Lipinski definition) is 0. The van der Waals surface area contributed by atoms with E-state index >= 15 is 0 Å². The molecule has 0 fully saturated rings. The van der Waals surface area contributed by atoms with Gasteiger partial charge in [-0.2, -0.15) is 0 Å². The minimum absolute atomic E-state index is 0.687. The van der Waals surface area contributed by atoms with Crippen molar-refractivity contribution in [1.29, 1.82) is 0 Å². The van der Waals surface area contributed by atoms with Gasteiger partial charge in [0.2, 0.25) is 5.95 Å². The van der Waals surface area contributed by atoms with Crippen molar-refractivity contribution in [3.63, 3.8) is 0 Å². The number of benzene rings is 1. The molecule has 0 saturated carbocycles. The van der Waals surface area contributed by atoms with Crippen LogP contribution < -0.4 is 4.90 Å². The minimum Gasteiger partial charge on any atom is -0.340 e. The van der Waals surface area contributed by atoms with Gasteiger partial charge in [0.15, 0.2) is 0 Å². The molecule has 0 aliphatic carbocycles. The van der Waals surface area contributed by atoms with E-state index < -0.39 is 0 Å². The molecule has 4 rings (SSSR count). The van der Waals surface area contributed by atoms with Crippen LogP contribution in [0.2, 0.25) is 0 Å². The van der Waals surface area contributed by atoms with E-state index in [1.165, 1.54) is 10.9 Å².